The molecule has 1 saturated heterocycles. The van der Waals surface area contributed by atoms with Crippen molar-refractivity contribution in [2.45, 2.75) is 25.5 Å². The number of carbonyl (C=O) groups is 1. The molecule has 1 amide bonds. The molecule has 0 bridgehead atoms. The lowest BCUT2D eigenvalue weighted by Crippen LogP contribution is -2.45. The smallest absolute Gasteiger partial charge is 0.239 e. The number of hydrogen-bond donors (Lipinski definition) is 3. The molecule has 2 rings (SSSR count). The second kappa shape index (κ2) is 11.2. The summed E-state index contributed by atoms with van der Waals surface area (Å²) < 4.78 is 5.54. The molecule has 7 heteroatoms. The minimum atomic E-state index is -0.0658. The van der Waals surface area contributed by atoms with Gasteiger partial charge in [-0.05, 0) is 18.4 Å². The Morgan fingerprint density at radius 3 is 2.70 bits per heavy atom. The molecule has 0 spiro atoms. The first-order valence-electron chi connectivity index (χ1n) is 7.64. The Bertz CT molecular complexity index is 490. The molecule has 6 nitrogen and oxygen atoms in total. The zero-order valence-corrected chi connectivity index (χ0v) is 15.7. The van der Waals surface area contributed by atoms with Crippen LogP contribution in [0.2, 0.25) is 0 Å². The zero-order valence-electron chi connectivity index (χ0n) is 13.4. The summed E-state index contributed by atoms with van der Waals surface area (Å²) in [7, 11) is 1.69. The molecule has 1 heterocycles. The van der Waals surface area contributed by atoms with Gasteiger partial charge in [0, 0.05) is 26.7 Å². The van der Waals surface area contributed by atoms with Gasteiger partial charge in [-0.25, -0.2) is 0 Å². The SMILES string of the molecule is CN=C(NCC(=O)NCc1ccccc1)NCC1CCCO1.I. The van der Waals surface area contributed by atoms with Crippen LogP contribution in [0.5, 0.6) is 0 Å². The average molecular weight is 432 g/mol. The van der Waals surface area contributed by atoms with E-state index in [0.29, 0.717) is 19.0 Å². The van der Waals surface area contributed by atoms with Gasteiger partial charge >= 0.3 is 0 Å². The summed E-state index contributed by atoms with van der Waals surface area (Å²) in [6.07, 6.45) is 2.42. The van der Waals surface area contributed by atoms with Gasteiger partial charge in [0.25, 0.3) is 0 Å². The number of hydrogen-bond acceptors (Lipinski definition) is 3. The molecule has 0 aromatic heterocycles. The van der Waals surface area contributed by atoms with E-state index >= 15 is 0 Å². The third kappa shape index (κ3) is 7.65. The van der Waals surface area contributed by atoms with E-state index in [1.165, 1.54) is 0 Å². The van der Waals surface area contributed by atoms with Crippen molar-refractivity contribution in [1.29, 1.82) is 0 Å². The molecule has 1 aliphatic rings. The number of rotatable bonds is 6. The number of nitrogens with one attached hydrogen (secondary N) is 3. The lowest BCUT2D eigenvalue weighted by molar-refractivity contribution is -0.120. The van der Waals surface area contributed by atoms with Gasteiger partial charge in [0.1, 0.15) is 0 Å². The molecule has 0 saturated carbocycles. The number of amides is 1. The third-order valence-corrected chi connectivity index (χ3v) is 3.49. The molecule has 1 atom stereocenters. The second-order valence-electron chi connectivity index (χ2n) is 5.20. The quantitative estimate of drug-likeness (QED) is 0.360. The summed E-state index contributed by atoms with van der Waals surface area (Å²) in [5.41, 5.74) is 1.08. The first-order chi connectivity index (χ1) is 10.8. The van der Waals surface area contributed by atoms with Gasteiger partial charge in [-0.15, -0.1) is 24.0 Å². The Morgan fingerprint density at radius 1 is 1.26 bits per heavy atom. The first kappa shape index (κ1) is 19.7. The van der Waals surface area contributed by atoms with Crippen LogP contribution in [0.4, 0.5) is 0 Å². The van der Waals surface area contributed by atoms with Crippen molar-refractivity contribution in [1.82, 2.24) is 16.0 Å². The van der Waals surface area contributed by atoms with E-state index in [1.54, 1.807) is 7.05 Å². The molecule has 1 fully saturated rings. The number of benzene rings is 1. The minimum absolute atomic E-state index is 0. The predicted octanol–water partition coefficient (Wildman–Crippen LogP) is 1.26. The van der Waals surface area contributed by atoms with Crippen molar-refractivity contribution in [2.24, 2.45) is 4.99 Å². The highest BCUT2D eigenvalue weighted by Crippen LogP contribution is 2.10. The highest BCUT2D eigenvalue weighted by Gasteiger charge is 2.15. The molecule has 128 valence electrons. The van der Waals surface area contributed by atoms with E-state index in [9.17, 15) is 4.79 Å². The summed E-state index contributed by atoms with van der Waals surface area (Å²) >= 11 is 0. The van der Waals surface area contributed by atoms with Crippen molar-refractivity contribution in [2.75, 3.05) is 26.7 Å². The van der Waals surface area contributed by atoms with Gasteiger partial charge in [0.05, 0.1) is 12.6 Å². The summed E-state index contributed by atoms with van der Waals surface area (Å²) in [5, 5.41) is 9.04. The lowest BCUT2D eigenvalue weighted by atomic mass is 10.2. The molecule has 0 aliphatic carbocycles. The molecular formula is C16H25IN4O2. The number of nitrogens with zero attached hydrogens (tertiary/aromatic N) is 1. The van der Waals surface area contributed by atoms with Crippen LogP contribution in [0.3, 0.4) is 0 Å². The minimum Gasteiger partial charge on any atom is -0.376 e. The van der Waals surface area contributed by atoms with Crippen LogP contribution in [0, 0.1) is 0 Å². The van der Waals surface area contributed by atoms with Gasteiger partial charge in [-0.1, -0.05) is 30.3 Å². The van der Waals surface area contributed by atoms with E-state index in [0.717, 1.165) is 25.0 Å². The number of carbonyl (C=O) groups excluding carboxylic acids is 1. The predicted molar refractivity (Wildman–Crippen MR) is 102 cm³/mol. The fourth-order valence-electron chi connectivity index (χ4n) is 2.26. The fraction of sp³-hybridized carbons (Fsp3) is 0.500. The van der Waals surface area contributed by atoms with E-state index in [2.05, 4.69) is 20.9 Å². The number of aliphatic imine (C=N–C) groups is 1. The molecular weight excluding hydrogens is 407 g/mol. The molecule has 1 aromatic rings. The zero-order chi connectivity index (χ0) is 15.6. The highest BCUT2D eigenvalue weighted by atomic mass is 127. The number of ether oxygens (including phenoxy) is 1. The van der Waals surface area contributed by atoms with Crippen LogP contribution in [-0.4, -0.2) is 44.7 Å². The fourth-order valence-corrected chi connectivity index (χ4v) is 2.26. The van der Waals surface area contributed by atoms with E-state index in [-0.39, 0.29) is 42.5 Å². The van der Waals surface area contributed by atoms with Crippen molar-refractivity contribution in [3.63, 3.8) is 0 Å². The van der Waals surface area contributed by atoms with E-state index in [4.69, 9.17) is 4.74 Å². The summed E-state index contributed by atoms with van der Waals surface area (Å²) in [4.78, 5) is 15.9. The molecule has 1 aliphatic heterocycles. The maximum atomic E-state index is 11.8. The van der Waals surface area contributed by atoms with Crippen LogP contribution in [0.15, 0.2) is 35.3 Å². The van der Waals surface area contributed by atoms with Crippen LogP contribution in [-0.2, 0) is 16.1 Å². The second-order valence-corrected chi connectivity index (χ2v) is 5.20. The molecule has 0 radical (unpaired) electrons. The Kier molecular flexibility index (Phi) is 9.61. The molecule has 3 N–H and O–H groups in total. The summed E-state index contributed by atoms with van der Waals surface area (Å²) in [6.45, 7) is 2.27. The van der Waals surface area contributed by atoms with Gasteiger partial charge < -0.3 is 20.7 Å². The first-order valence-corrected chi connectivity index (χ1v) is 7.64. The number of guanidine groups is 1. The van der Waals surface area contributed by atoms with Gasteiger partial charge in [0.15, 0.2) is 5.96 Å². The van der Waals surface area contributed by atoms with Crippen LogP contribution in [0.25, 0.3) is 0 Å². The van der Waals surface area contributed by atoms with Crippen LogP contribution in [0.1, 0.15) is 18.4 Å². The van der Waals surface area contributed by atoms with Crippen molar-refractivity contribution < 1.29 is 9.53 Å². The van der Waals surface area contributed by atoms with Crippen LogP contribution >= 0.6 is 24.0 Å². The summed E-state index contributed by atoms with van der Waals surface area (Å²) in [5.74, 6) is 0.550. The number of halogens is 1. The topological polar surface area (TPSA) is 74.8 Å². The monoisotopic (exact) mass is 432 g/mol. The third-order valence-electron chi connectivity index (χ3n) is 3.49. The van der Waals surface area contributed by atoms with Crippen molar-refractivity contribution in [3.8, 4) is 0 Å². The molecule has 1 aromatic carbocycles. The average Bonchev–Trinajstić information content (AvgIpc) is 3.07. The standard InChI is InChI=1S/C16H24N4O2.HI/c1-17-16(19-11-14-8-5-9-22-14)20-12-15(21)18-10-13-6-3-2-4-7-13;/h2-4,6-7,14H,5,8-12H2,1H3,(H,18,21)(H2,17,19,20);1H. The summed E-state index contributed by atoms with van der Waals surface area (Å²) in [6, 6.07) is 9.83. The van der Waals surface area contributed by atoms with Gasteiger partial charge in [0.2, 0.25) is 5.91 Å². The molecule has 23 heavy (non-hydrogen) atoms. The van der Waals surface area contributed by atoms with Gasteiger partial charge in [-0.3, -0.25) is 9.79 Å². The van der Waals surface area contributed by atoms with E-state index in [1.807, 2.05) is 30.3 Å². The maximum absolute atomic E-state index is 11.8. The van der Waals surface area contributed by atoms with Crippen LogP contribution < -0.4 is 16.0 Å². The Hall–Kier alpha value is -1.35. The normalized spacial score (nSPS) is 17.3. The lowest BCUT2D eigenvalue weighted by Gasteiger charge is -2.15. The van der Waals surface area contributed by atoms with Gasteiger partial charge in [-0.2, -0.15) is 0 Å². The van der Waals surface area contributed by atoms with E-state index < -0.39 is 0 Å². The highest BCUT2D eigenvalue weighted by molar-refractivity contribution is 14.0. The van der Waals surface area contributed by atoms with Crippen molar-refractivity contribution >= 4 is 35.8 Å². The Labute approximate surface area is 154 Å². The molecule has 1 unspecified atom stereocenters. The van der Waals surface area contributed by atoms with Crippen molar-refractivity contribution in [3.05, 3.63) is 35.9 Å². The largest absolute Gasteiger partial charge is 0.376 e. The maximum Gasteiger partial charge on any atom is 0.239 e. The Balaban J connectivity index is 0.00000264. The Morgan fingerprint density at radius 2 is 2.04 bits per heavy atom.